The summed E-state index contributed by atoms with van der Waals surface area (Å²) in [6.07, 6.45) is 3.94. The van der Waals surface area contributed by atoms with Gasteiger partial charge >= 0.3 is 5.97 Å². The highest BCUT2D eigenvalue weighted by Crippen LogP contribution is 2.22. The van der Waals surface area contributed by atoms with Crippen molar-refractivity contribution in [3.05, 3.63) is 137 Å². The predicted octanol–water partition coefficient (Wildman–Crippen LogP) is 6.32. The van der Waals surface area contributed by atoms with Gasteiger partial charge in [-0.2, -0.15) is 5.10 Å². The molecule has 0 amide bonds. The number of fused-ring (bicyclic) bond motifs is 1. The number of ether oxygens (including phenoxy) is 1. The summed E-state index contributed by atoms with van der Waals surface area (Å²) in [6.45, 7) is 0.176. The van der Waals surface area contributed by atoms with E-state index in [0.717, 1.165) is 27.7 Å². The van der Waals surface area contributed by atoms with Gasteiger partial charge in [-0.1, -0.05) is 84.9 Å². The van der Waals surface area contributed by atoms with E-state index in [-0.39, 0.29) is 12.4 Å². The number of carbonyl (C=O) groups excluding carboxylic acids is 2. The number of hydrogen-bond donors (Lipinski definition) is 1. The quantitative estimate of drug-likeness (QED) is 0.229. The van der Waals surface area contributed by atoms with E-state index in [0.29, 0.717) is 16.7 Å². The molecule has 0 saturated carbocycles. The first-order valence-corrected chi connectivity index (χ1v) is 11.2. The lowest BCUT2D eigenvalue weighted by molar-refractivity contribution is 0.0472. The third kappa shape index (κ3) is 5.09. The zero-order chi connectivity index (χ0) is 24.0. The minimum absolute atomic E-state index is 0.176. The number of esters is 1. The predicted molar refractivity (Wildman–Crippen MR) is 137 cm³/mol. The van der Waals surface area contributed by atoms with Gasteiger partial charge in [0.25, 0.3) is 0 Å². The Labute approximate surface area is 202 Å². The number of nitrogens with one attached hydrogen (secondary N) is 1. The van der Waals surface area contributed by atoms with Crippen LogP contribution < -0.4 is 0 Å². The van der Waals surface area contributed by atoms with Crippen molar-refractivity contribution in [3.63, 3.8) is 0 Å². The van der Waals surface area contributed by atoms with Crippen molar-refractivity contribution >= 4 is 34.8 Å². The van der Waals surface area contributed by atoms with Crippen LogP contribution in [0.15, 0.2) is 103 Å². The first kappa shape index (κ1) is 22.0. The van der Waals surface area contributed by atoms with Crippen LogP contribution in [0.4, 0.5) is 0 Å². The highest BCUT2D eigenvalue weighted by Gasteiger charge is 2.15. The number of aromatic nitrogens is 2. The number of H-pyrrole nitrogens is 1. The molecule has 0 aliphatic carbocycles. The van der Waals surface area contributed by atoms with Gasteiger partial charge in [-0.25, -0.2) is 4.79 Å². The van der Waals surface area contributed by atoms with Crippen LogP contribution in [0, 0.1) is 0 Å². The largest absolute Gasteiger partial charge is 0.457 e. The Bertz CT molecular complexity index is 1520. The smallest absolute Gasteiger partial charge is 0.338 e. The number of aromatic amines is 1. The van der Waals surface area contributed by atoms with Crippen LogP contribution in [0.2, 0.25) is 0 Å². The molecule has 1 heterocycles. The second-order valence-electron chi connectivity index (χ2n) is 8.08. The Morgan fingerprint density at radius 1 is 0.743 bits per heavy atom. The zero-order valence-corrected chi connectivity index (χ0v) is 18.8. The van der Waals surface area contributed by atoms with E-state index in [4.69, 9.17) is 4.74 Å². The molecule has 0 radical (unpaired) electrons. The van der Waals surface area contributed by atoms with Gasteiger partial charge in [-0.05, 0) is 41.5 Å². The van der Waals surface area contributed by atoms with Gasteiger partial charge < -0.3 is 4.74 Å². The van der Waals surface area contributed by atoms with Gasteiger partial charge in [0.05, 0.1) is 16.8 Å². The molecular formula is C30H22N2O3. The fourth-order valence-electron chi connectivity index (χ4n) is 3.81. The molecule has 5 rings (SSSR count). The minimum Gasteiger partial charge on any atom is -0.457 e. The van der Waals surface area contributed by atoms with Gasteiger partial charge in [-0.3, -0.25) is 9.89 Å². The van der Waals surface area contributed by atoms with Gasteiger partial charge in [-0.15, -0.1) is 0 Å². The number of ketones is 1. The van der Waals surface area contributed by atoms with Crippen molar-refractivity contribution in [2.45, 2.75) is 6.61 Å². The van der Waals surface area contributed by atoms with Crippen molar-refractivity contribution in [3.8, 4) is 0 Å². The second-order valence-corrected chi connectivity index (χ2v) is 8.08. The summed E-state index contributed by atoms with van der Waals surface area (Å²) in [5.41, 5.74) is 4.81. The second kappa shape index (κ2) is 10.0. The van der Waals surface area contributed by atoms with E-state index in [1.807, 2.05) is 78.9 Å². The Morgan fingerprint density at radius 2 is 1.46 bits per heavy atom. The van der Waals surface area contributed by atoms with Crippen LogP contribution in [0.25, 0.3) is 23.1 Å². The molecule has 5 heteroatoms. The van der Waals surface area contributed by atoms with E-state index in [1.54, 1.807) is 36.4 Å². The third-order valence-electron chi connectivity index (χ3n) is 5.66. The molecule has 0 bridgehead atoms. The molecule has 0 atom stereocenters. The molecule has 0 aliphatic rings. The normalized spacial score (nSPS) is 11.1. The van der Waals surface area contributed by atoms with Gasteiger partial charge in [0.1, 0.15) is 6.61 Å². The van der Waals surface area contributed by atoms with E-state index < -0.39 is 5.97 Å². The Balaban J connectivity index is 1.32. The molecule has 1 aromatic heterocycles. The van der Waals surface area contributed by atoms with E-state index in [1.165, 1.54) is 0 Å². The molecule has 0 unspecified atom stereocenters. The molecule has 0 saturated heterocycles. The number of hydrogen-bond acceptors (Lipinski definition) is 4. The monoisotopic (exact) mass is 458 g/mol. The van der Waals surface area contributed by atoms with E-state index >= 15 is 0 Å². The van der Waals surface area contributed by atoms with Crippen LogP contribution in [-0.4, -0.2) is 21.9 Å². The minimum atomic E-state index is -0.470. The number of benzene rings is 4. The number of rotatable bonds is 7. The summed E-state index contributed by atoms with van der Waals surface area (Å²) in [6, 6.07) is 31.5. The maximum Gasteiger partial charge on any atom is 0.338 e. The molecule has 4 aromatic carbocycles. The maximum absolute atomic E-state index is 13.2. The molecular weight excluding hydrogens is 436 g/mol. The zero-order valence-electron chi connectivity index (χ0n) is 18.8. The van der Waals surface area contributed by atoms with E-state index in [2.05, 4.69) is 10.2 Å². The standard InChI is InChI=1S/C30H22N2O3/c33-29(23-12-7-13-25(18-23)30(34)35-20-22-10-5-2-6-11-22)24-15-16-26-27(31-32-28(26)19-24)17-14-21-8-3-1-4-9-21/h1-19H,20H2,(H,31,32). The number of carbonyl (C=O) groups is 2. The van der Waals surface area contributed by atoms with Crippen LogP contribution in [0.1, 0.15) is 43.1 Å². The summed E-state index contributed by atoms with van der Waals surface area (Å²) in [5, 5.41) is 8.31. The van der Waals surface area contributed by atoms with Gasteiger partial charge in [0, 0.05) is 16.5 Å². The highest BCUT2D eigenvalue weighted by atomic mass is 16.5. The lowest BCUT2D eigenvalue weighted by Gasteiger charge is -2.07. The molecule has 0 aliphatic heterocycles. The van der Waals surface area contributed by atoms with Crippen molar-refractivity contribution in [2.24, 2.45) is 0 Å². The summed E-state index contributed by atoms with van der Waals surface area (Å²) in [7, 11) is 0. The molecule has 5 nitrogen and oxygen atoms in total. The van der Waals surface area contributed by atoms with Crippen molar-refractivity contribution in [2.75, 3.05) is 0 Å². The fourth-order valence-corrected chi connectivity index (χ4v) is 3.81. The topological polar surface area (TPSA) is 72.1 Å². The Hall–Kier alpha value is -4.77. The lowest BCUT2D eigenvalue weighted by Crippen LogP contribution is -2.08. The Kier molecular flexibility index (Phi) is 6.31. The van der Waals surface area contributed by atoms with E-state index in [9.17, 15) is 9.59 Å². The lowest BCUT2D eigenvalue weighted by atomic mass is 10.00. The summed E-state index contributed by atoms with van der Waals surface area (Å²) in [4.78, 5) is 25.7. The van der Waals surface area contributed by atoms with Crippen LogP contribution in [0.3, 0.4) is 0 Å². The summed E-state index contributed by atoms with van der Waals surface area (Å²) in [5.74, 6) is -0.650. The first-order chi connectivity index (χ1) is 17.2. The number of nitrogens with zero attached hydrogens (tertiary/aromatic N) is 1. The SMILES string of the molecule is O=C(OCc1ccccc1)c1cccc(C(=O)c2ccc3c(C=Cc4ccccc4)n[nH]c3c2)c1. The molecule has 5 aromatic rings. The van der Waals surface area contributed by atoms with Crippen LogP contribution in [0.5, 0.6) is 0 Å². The molecule has 0 spiro atoms. The highest BCUT2D eigenvalue weighted by molar-refractivity contribution is 6.11. The fraction of sp³-hybridized carbons (Fsp3) is 0.0333. The van der Waals surface area contributed by atoms with Gasteiger partial charge in [0.2, 0.25) is 0 Å². The van der Waals surface area contributed by atoms with Crippen molar-refractivity contribution in [1.82, 2.24) is 10.2 Å². The summed E-state index contributed by atoms with van der Waals surface area (Å²) >= 11 is 0. The average Bonchev–Trinajstić information content (AvgIpc) is 3.33. The van der Waals surface area contributed by atoms with Gasteiger partial charge in [0.15, 0.2) is 5.78 Å². The molecule has 35 heavy (non-hydrogen) atoms. The molecule has 0 fully saturated rings. The maximum atomic E-state index is 13.2. The first-order valence-electron chi connectivity index (χ1n) is 11.2. The van der Waals surface area contributed by atoms with Crippen LogP contribution >= 0.6 is 0 Å². The third-order valence-corrected chi connectivity index (χ3v) is 5.66. The summed E-state index contributed by atoms with van der Waals surface area (Å²) < 4.78 is 5.40. The Morgan fingerprint density at radius 3 is 2.26 bits per heavy atom. The van der Waals surface area contributed by atoms with Crippen LogP contribution in [-0.2, 0) is 11.3 Å². The average molecular weight is 459 g/mol. The van der Waals surface area contributed by atoms with Crippen molar-refractivity contribution in [1.29, 1.82) is 0 Å². The molecule has 1 N–H and O–H groups in total. The molecule has 170 valence electrons. The van der Waals surface area contributed by atoms with Crippen molar-refractivity contribution < 1.29 is 14.3 Å².